The van der Waals surface area contributed by atoms with Crippen molar-refractivity contribution in [3.05, 3.63) is 24.3 Å². The molecular weight excluding hydrogens is 867 g/mol. The van der Waals surface area contributed by atoms with Crippen LogP contribution in [0.5, 0.6) is 0 Å². The van der Waals surface area contributed by atoms with Crippen LogP contribution in [0.25, 0.3) is 0 Å². The number of carbonyl (C=O) groups is 1. The van der Waals surface area contributed by atoms with E-state index in [1.165, 1.54) is 327 Å². The number of carbonyl (C=O) groups excluding carboxylic acids is 1. The third kappa shape index (κ3) is 59.6. The molecule has 0 bridgehead atoms. The second-order valence-corrected chi connectivity index (χ2v) is 22.9. The molecule has 0 radical (unpaired) electrons. The van der Waals surface area contributed by atoms with Crippen molar-refractivity contribution in [2.24, 2.45) is 0 Å². The van der Waals surface area contributed by atoms with Crippen LogP contribution in [0, 0.1) is 0 Å². The van der Waals surface area contributed by atoms with E-state index < -0.39 is 12.1 Å². The van der Waals surface area contributed by atoms with Crippen LogP contribution >= 0.6 is 0 Å². The molecule has 0 fully saturated rings. The van der Waals surface area contributed by atoms with Crippen molar-refractivity contribution in [1.82, 2.24) is 5.32 Å². The van der Waals surface area contributed by atoms with E-state index in [-0.39, 0.29) is 12.5 Å². The molecule has 0 aliphatic rings. The SMILES string of the molecule is CCCCCCCCCCCCCCCCCC/C=C/CC/C=C/C(O)C(CO)NC(=O)CCCCCCCCCCCCCCCCCCCCCCCCCCCCCCCCCCCCCCC. The van der Waals surface area contributed by atoms with Crippen LogP contribution in [0.15, 0.2) is 24.3 Å². The highest BCUT2D eigenvalue weighted by Crippen LogP contribution is 2.19. The van der Waals surface area contributed by atoms with Gasteiger partial charge in [-0.3, -0.25) is 4.79 Å². The zero-order chi connectivity index (χ0) is 51.3. The van der Waals surface area contributed by atoms with Crippen molar-refractivity contribution in [1.29, 1.82) is 0 Å². The molecule has 1 amide bonds. The molecule has 0 aromatic heterocycles. The van der Waals surface area contributed by atoms with Gasteiger partial charge in [-0.2, -0.15) is 0 Å². The molecule has 4 nitrogen and oxygen atoms in total. The molecule has 0 aromatic carbocycles. The Bertz CT molecular complexity index is 1040. The number of rotatable bonds is 62. The summed E-state index contributed by atoms with van der Waals surface area (Å²) in [5.74, 6) is -0.0650. The van der Waals surface area contributed by atoms with Crippen LogP contribution in [0.1, 0.15) is 380 Å². The Morgan fingerprint density at radius 2 is 0.549 bits per heavy atom. The van der Waals surface area contributed by atoms with Crippen LogP contribution in [-0.4, -0.2) is 34.9 Å². The zero-order valence-corrected chi connectivity index (χ0v) is 48.8. The quantitative estimate of drug-likeness (QED) is 0.0420. The Morgan fingerprint density at radius 1 is 0.324 bits per heavy atom. The highest BCUT2D eigenvalue weighted by molar-refractivity contribution is 5.76. The molecular formula is C67H131NO3. The summed E-state index contributed by atoms with van der Waals surface area (Å²) in [6.07, 6.45) is 85.5. The van der Waals surface area contributed by atoms with Gasteiger partial charge in [-0.1, -0.05) is 366 Å². The van der Waals surface area contributed by atoms with Crippen LogP contribution < -0.4 is 5.32 Å². The second kappa shape index (κ2) is 63.2. The minimum Gasteiger partial charge on any atom is -0.394 e. The fraction of sp³-hybridized carbons (Fsp3) is 0.925. The number of hydrogen-bond acceptors (Lipinski definition) is 3. The molecule has 0 saturated heterocycles. The lowest BCUT2D eigenvalue weighted by atomic mass is 10.0. The van der Waals surface area contributed by atoms with Crippen molar-refractivity contribution in [3.8, 4) is 0 Å². The van der Waals surface area contributed by atoms with Crippen molar-refractivity contribution in [3.63, 3.8) is 0 Å². The zero-order valence-electron chi connectivity index (χ0n) is 48.8. The summed E-state index contributed by atoms with van der Waals surface area (Å²) in [6.45, 7) is 4.35. The summed E-state index contributed by atoms with van der Waals surface area (Å²) >= 11 is 0. The number of allylic oxidation sites excluding steroid dienone is 3. The lowest BCUT2D eigenvalue weighted by Crippen LogP contribution is -2.45. The lowest BCUT2D eigenvalue weighted by Gasteiger charge is -2.19. The van der Waals surface area contributed by atoms with Gasteiger partial charge in [0.05, 0.1) is 18.8 Å². The molecule has 0 aromatic rings. The number of amides is 1. The average Bonchev–Trinajstić information content (AvgIpc) is 3.37. The highest BCUT2D eigenvalue weighted by atomic mass is 16.3. The molecule has 4 heteroatoms. The Kier molecular flexibility index (Phi) is 62.2. The van der Waals surface area contributed by atoms with Crippen molar-refractivity contribution >= 4 is 5.91 Å². The summed E-state index contributed by atoms with van der Waals surface area (Å²) in [5.41, 5.74) is 0. The first-order valence-corrected chi connectivity index (χ1v) is 33.1. The minimum absolute atomic E-state index is 0.0650. The van der Waals surface area contributed by atoms with Crippen LogP contribution in [0.4, 0.5) is 0 Å². The predicted molar refractivity (Wildman–Crippen MR) is 318 cm³/mol. The summed E-state index contributed by atoms with van der Waals surface area (Å²) in [6, 6.07) is -0.637. The molecule has 2 atom stereocenters. The summed E-state index contributed by atoms with van der Waals surface area (Å²) in [5, 5.41) is 23.2. The third-order valence-corrected chi connectivity index (χ3v) is 15.7. The Morgan fingerprint density at radius 3 is 0.817 bits per heavy atom. The normalized spacial score (nSPS) is 12.8. The number of nitrogens with one attached hydrogen (secondary N) is 1. The fourth-order valence-electron chi connectivity index (χ4n) is 10.7. The molecule has 0 aliphatic carbocycles. The van der Waals surface area contributed by atoms with Gasteiger partial charge in [0, 0.05) is 6.42 Å². The van der Waals surface area contributed by atoms with E-state index >= 15 is 0 Å². The number of aliphatic hydroxyl groups excluding tert-OH is 2. The van der Waals surface area contributed by atoms with Gasteiger partial charge in [0.1, 0.15) is 0 Å². The topological polar surface area (TPSA) is 69.6 Å². The highest BCUT2D eigenvalue weighted by Gasteiger charge is 2.18. The molecule has 0 saturated carbocycles. The molecule has 422 valence electrons. The van der Waals surface area contributed by atoms with E-state index in [1.807, 2.05) is 6.08 Å². The second-order valence-electron chi connectivity index (χ2n) is 22.9. The molecule has 3 N–H and O–H groups in total. The largest absolute Gasteiger partial charge is 0.394 e. The van der Waals surface area contributed by atoms with Gasteiger partial charge in [0.2, 0.25) is 5.91 Å². The first-order chi connectivity index (χ1) is 35.2. The van der Waals surface area contributed by atoms with Crippen molar-refractivity contribution < 1.29 is 15.0 Å². The number of unbranched alkanes of at least 4 members (excludes halogenated alkanes) is 53. The van der Waals surface area contributed by atoms with E-state index in [0.29, 0.717) is 6.42 Å². The van der Waals surface area contributed by atoms with E-state index in [1.54, 1.807) is 6.08 Å². The third-order valence-electron chi connectivity index (χ3n) is 15.7. The lowest BCUT2D eigenvalue weighted by molar-refractivity contribution is -0.123. The van der Waals surface area contributed by atoms with E-state index in [0.717, 1.165) is 32.1 Å². The van der Waals surface area contributed by atoms with Crippen LogP contribution in [0.3, 0.4) is 0 Å². The molecule has 0 heterocycles. The number of hydrogen-bond donors (Lipinski definition) is 3. The molecule has 0 rings (SSSR count). The Hall–Kier alpha value is -1.13. The summed E-state index contributed by atoms with van der Waals surface area (Å²) in [7, 11) is 0. The molecule has 2 unspecified atom stereocenters. The first kappa shape index (κ1) is 69.9. The first-order valence-electron chi connectivity index (χ1n) is 33.1. The maximum atomic E-state index is 12.5. The number of aliphatic hydroxyl groups is 2. The van der Waals surface area contributed by atoms with Gasteiger partial charge >= 0.3 is 0 Å². The molecule has 0 spiro atoms. The van der Waals surface area contributed by atoms with Gasteiger partial charge < -0.3 is 15.5 Å². The van der Waals surface area contributed by atoms with E-state index in [2.05, 4.69) is 31.3 Å². The smallest absolute Gasteiger partial charge is 0.220 e. The van der Waals surface area contributed by atoms with Gasteiger partial charge in [-0.05, 0) is 32.1 Å². The van der Waals surface area contributed by atoms with Gasteiger partial charge in [-0.15, -0.1) is 0 Å². The average molecular weight is 999 g/mol. The standard InChI is InChI=1S/C67H131NO3/c1-3-5-7-9-11-13-15-17-19-21-23-25-27-28-29-30-31-32-33-34-35-36-37-38-39-40-41-43-45-47-49-51-53-55-57-59-61-63-67(71)68-65(64-69)66(70)62-60-58-56-54-52-50-48-46-44-42-26-24-22-20-18-16-14-12-10-8-6-4-2/h52,54,60,62,65-66,69-70H,3-51,53,55-59,61,63-64H2,1-2H3,(H,68,71)/b54-52+,62-60+. The van der Waals surface area contributed by atoms with Crippen LogP contribution in [0.2, 0.25) is 0 Å². The maximum Gasteiger partial charge on any atom is 0.220 e. The van der Waals surface area contributed by atoms with Gasteiger partial charge in [0.15, 0.2) is 0 Å². The van der Waals surface area contributed by atoms with Crippen molar-refractivity contribution in [2.75, 3.05) is 6.61 Å². The van der Waals surface area contributed by atoms with Crippen molar-refractivity contribution in [2.45, 2.75) is 392 Å². The fourth-order valence-corrected chi connectivity index (χ4v) is 10.7. The predicted octanol–water partition coefficient (Wildman–Crippen LogP) is 22.2. The Balaban J connectivity index is 3.40. The Labute approximate surface area is 447 Å². The maximum absolute atomic E-state index is 12.5. The minimum atomic E-state index is -0.860. The van der Waals surface area contributed by atoms with E-state index in [9.17, 15) is 15.0 Å². The summed E-state index contributed by atoms with van der Waals surface area (Å²) < 4.78 is 0. The van der Waals surface area contributed by atoms with Gasteiger partial charge in [0.25, 0.3) is 0 Å². The molecule has 71 heavy (non-hydrogen) atoms. The van der Waals surface area contributed by atoms with Crippen LogP contribution in [-0.2, 0) is 4.79 Å². The monoisotopic (exact) mass is 998 g/mol. The van der Waals surface area contributed by atoms with Gasteiger partial charge in [-0.25, -0.2) is 0 Å². The summed E-state index contributed by atoms with van der Waals surface area (Å²) in [4.78, 5) is 12.5. The molecule has 0 aliphatic heterocycles. The van der Waals surface area contributed by atoms with E-state index in [4.69, 9.17) is 0 Å².